The Balaban J connectivity index is 2.12. The van der Waals surface area contributed by atoms with Crippen LogP contribution >= 0.6 is 0 Å². The Hall–Kier alpha value is -1.91. The van der Waals surface area contributed by atoms with Gasteiger partial charge in [0.1, 0.15) is 17.2 Å². The lowest BCUT2D eigenvalue weighted by Crippen LogP contribution is -2.47. The number of methoxy groups -OCH3 is 1. The number of ether oxygens (including phenoxy) is 1. The Labute approximate surface area is 136 Å². The van der Waals surface area contributed by atoms with Crippen molar-refractivity contribution in [2.45, 2.75) is 17.9 Å². The Bertz CT molecular complexity index is 691. The van der Waals surface area contributed by atoms with Crippen molar-refractivity contribution in [3.8, 4) is 5.75 Å². The molecule has 0 aromatic heterocycles. The van der Waals surface area contributed by atoms with Crippen molar-refractivity contribution in [2.75, 3.05) is 27.2 Å². The second kappa shape index (κ2) is 6.30. The number of aliphatic hydroxyl groups is 1. The standard InChI is InChI=1S/C19H22FNO2/c1-21-12-11-19(22,15-8-4-6-10-18(15)23-2)16(13-21)14-7-3-5-9-17(14)20/h3-10,16,22H,11-13H2,1-2H3/t16-,19+/m1/s1. The van der Waals surface area contributed by atoms with Crippen LogP contribution in [0, 0.1) is 5.82 Å². The first-order valence-corrected chi connectivity index (χ1v) is 7.85. The number of likely N-dealkylation sites (tertiary alicyclic amines) is 1. The van der Waals surface area contributed by atoms with Crippen LogP contribution in [0.4, 0.5) is 4.39 Å². The Morgan fingerprint density at radius 1 is 1.17 bits per heavy atom. The summed E-state index contributed by atoms with van der Waals surface area (Å²) in [5.74, 6) is 0.0146. The van der Waals surface area contributed by atoms with Gasteiger partial charge in [-0.15, -0.1) is 0 Å². The van der Waals surface area contributed by atoms with E-state index in [-0.39, 0.29) is 11.7 Å². The largest absolute Gasteiger partial charge is 0.496 e. The van der Waals surface area contributed by atoms with Crippen LogP contribution in [0.1, 0.15) is 23.5 Å². The fourth-order valence-electron chi connectivity index (χ4n) is 3.53. The van der Waals surface area contributed by atoms with Gasteiger partial charge < -0.3 is 14.7 Å². The molecule has 1 aliphatic heterocycles. The highest BCUT2D eigenvalue weighted by Crippen LogP contribution is 2.46. The molecule has 1 heterocycles. The molecule has 0 aliphatic carbocycles. The number of hydrogen-bond donors (Lipinski definition) is 1. The zero-order chi connectivity index (χ0) is 16.4. The molecule has 3 nitrogen and oxygen atoms in total. The van der Waals surface area contributed by atoms with Gasteiger partial charge >= 0.3 is 0 Å². The molecular formula is C19H22FNO2. The van der Waals surface area contributed by atoms with Gasteiger partial charge in [0.25, 0.3) is 0 Å². The lowest BCUT2D eigenvalue weighted by molar-refractivity contribution is -0.0442. The van der Waals surface area contributed by atoms with E-state index in [4.69, 9.17) is 4.74 Å². The van der Waals surface area contributed by atoms with Crippen LogP contribution in [-0.2, 0) is 5.60 Å². The minimum atomic E-state index is -1.15. The maximum Gasteiger partial charge on any atom is 0.126 e. The summed E-state index contributed by atoms with van der Waals surface area (Å²) in [6.07, 6.45) is 0.531. The number of halogens is 1. The monoisotopic (exact) mass is 315 g/mol. The van der Waals surface area contributed by atoms with E-state index in [2.05, 4.69) is 4.90 Å². The third-order valence-corrected chi connectivity index (χ3v) is 4.80. The highest BCUT2D eigenvalue weighted by atomic mass is 19.1. The molecule has 1 N–H and O–H groups in total. The van der Waals surface area contributed by atoms with Crippen LogP contribution in [-0.4, -0.2) is 37.3 Å². The van der Waals surface area contributed by atoms with Gasteiger partial charge in [-0.05, 0) is 31.2 Å². The number of benzene rings is 2. The molecule has 3 rings (SSSR count). The molecule has 2 aromatic carbocycles. The summed E-state index contributed by atoms with van der Waals surface area (Å²) in [5, 5.41) is 11.5. The molecule has 0 unspecified atom stereocenters. The predicted molar refractivity (Wildman–Crippen MR) is 88.1 cm³/mol. The van der Waals surface area contributed by atoms with Crippen molar-refractivity contribution < 1.29 is 14.2 Å². The van der Waals surface area contributed by atoms with Gasteiger partial charge in [0.15, 0.2) is 0 Å². The topological polar surface area (TPSA) is 32.7 Å². The van der Waals surface area contributed by atoms with E-state index in [0.29, 0.717) is 24.3 Å². The zero-order valence-corrected chi connectivity index (χ0v) is 13.5. The first kappa shape index (κ1) is 16.0. The molecular weight excluding hydrogens is 293 g/mol. The quantitative estimate of drug-likeness (QED) is 0.944. The number of hydrogen-bond acceptors (Lipinski definition) is 3. The SMILES string of the molecule is COc1ccccc1[C@@]1(O)CCN(C)C[C@@H]1c1ccccc1F. The summed E-state index contributed by atoms with van der Waals surface area (Å²) >= 11 is 0. The maximum atomic E-state index is 14.4. The highest BCUT2D eigenvalue weighted by Gasteiger charge is 2.45. The molecule has 0 amide bonds. The molecule has 1 aliphatic rings. The van der Waals surface area contributed by atoms with E-state index in [0.717, 1.165) is 12.1 Å². The average molecular weight is 315 g/mol. The Kier molecular flexibility index (Phi) is 4.37. The third-order valence-electron chi connectivity index (χ3n) is 4.80. The van der Waals surface area contributed by atoms with E-state index in [1.165, 1.54) is 6.07 Å². The summed E-state index contributed by atoms with van der Waals surface area (Å²) in [4.78, 5) is 2.13. The van der Waals surface area contributed by atoms with Crippen molar-refractivity contribution in [1.29, 1.82) is 0 Å². The lowest BCUT2D eigenvalue weighted by Gasteiger charge is -2.44. The summed E-state index contributed by atoms with van der Waals surface area (Å²) in [7, 11) is 3.59. The summed E-state index contributed by atoms with van der Waals surface area (Å²) in [5.41, 5.74) is 0.123. The van der Waals surface area contributed by atoms with Crippen molar-refractivity contribution in [1.82, 2.24) is 4.90 Å². The summed E-state index contributed by atoms with van der Waals surface area (Å²) < 4.78 is 19.8. The van der Waals surface area contributed by atoms with E-state index >= 15 is 0 Å². The highest BCUT2D eigenvalue weighted by molar-refractivity contribution is 5.42. The van der Waals surface area contributed by atoms with Gasteiger partial charge in [0.05, 0.1) is 7.11 Å². The van der Waals surface area contributed by atoms with Crippen molar-refractivity contribution >= 4 is 0 Å². The minimum absolute atomic E-state index is 0.277. The number of rotatable bonds is 3. The molecule has 0 saturated carbocycles. The fourth-order valence-corrected chi connectivity index (χ4v) is 3.53. The lowest BCUT2D eigenvalue weighted by atomic mass is 9.72. The van der Waals surface area contributed by atoms with Crippen molar-refractivity contribution in [3.63, 3.8) is 0 Å². The molecule has 4 heteroatoms. The van der Waals surface area contributed by atoms with Gasteiger partial charge in [-0.3, -0.25) is 0 Å². The van der Waals surface area contributed by atoms with Crippen LogP contribution in [0.25, 0.3) is 0 Å². The van der Waals surface area contributed by atoms with Gasteiger partial charge in [-0.25, -0.2) is 4.39 Å². The predicted octanol–water partition coefficient (Wildman–Crippen LogP) is 3.14. The van der Waals surface area contributed by atoms with Gasteiger partial charge in [0, 0.05) is 24.6 Å². The molecule has 1 fully saturated rings. The molecule has 2 atom stereocenters. The molecule has 0 bridgehead atoms. The van der Waals surface area contributed by atoms with Crippen LogP contribution in [0.2, 0.25) is 0 Å². The van der Waals surface area contributed by atoms with E-state index < -0.39 is 5.60 Å². The number of likely N-dealkylation sites (N-methyl/N-ethyl adjacent to an activating group) is 1. The van der Waals surface area contributed by atoms with Gasteiger partial charge in [-0.1, -0.05) is 36.4 Å². The van der Waals surface area contributed by atoms with E-state index in [1.54, 1.807) is 19.2 Å². The Morgan fingerprint density at radius 2 is 1.87 bits per heavy atom. The first-order chi connectivity index (χ1) is 11.1. The molecule has 23 heavy (non-hydrogen) atoms. The van der Waals surface area contributed by atoms with Crippen LogP contribution in [0.15, 0.2) is 48.5 Å². The maximum absolute atomic E-state index is 14.4. The first-order valence-electron chi connectivity index (χ1n) is 7.85. The van der Waals surface area contributed by atoms with Crippen LogP contribution in [0.3, 0.4) is 0 Å². The molecule has 0 spiro atoms. The second-order valence-corrected chi connectivity index (χ2v) is 6.21. The second-order valence-electron chi connectivity index (χ2n) is 6.21. The molecule has 122 valence electrons. The van der Waals surface area contributed by atoms with Gasteiger partial charge in [0.2, 0.25) is 0 Å². The van der Waals surface area contributed by atoms with E-state index in [1.807, 2.05) is 37.4 Å². The zero-order valence-electron chi connectivity index (χ0n) is 13.5. The summed E-state index contributed by atoms with van der Waals surface area (Å²) in [6, 6.07) is 14.2. The Morgan fingerprint density at radius 3 is 2.61 bits per heavy atom. The van der Waals surface area contributed by atoms with Crippen LogP contribution < -0.4 is 4.74 Å². The van der Waals surface area contributed by atoms with Crippen molar-refractivity contribution in [3.05, 3.63) is 65.5 Å². The number of nitrogens with zero attached hydrogens (tertiary/aromatic N) is 1. The molecule has 0 radical (unpaired) electrons. The minimum Gasteiger partial charge on any atom is -0.496 e. The van der Waals surface area contributed by atoms with Gasteiger partial charge in [-0.2, -0.15) is 0 Å². The fraction of sp³-hybridized carbons (Fsp3) is 0.368. The third kappa shape index (κ3) is 2.84. The average Bonchev–Trinajstić information content (AvgIpc) is 2.58. The van der Waals surface area contributed by atoms with E-state index in [9.17, 15) is 9.50 Å². The number of piperidine rings is 1. The normalized spacial score (nSPS) is 25.3. The molecule has 1 saturated heterocycles. The van der Waals surface area contributed by atoms with Crippen LogP contribution in [0.5, 0.6) is 5.75 Å². The molecule has 2 aromatic rings. The van der Waals surface area contributed by atoms with Crippen molar-refractivity contribution in [2.24, 2.45) is 0 Å². The number of para-hydroxylation sites is 1. The smallest absolute Gasteiger partial charge is 0.126 e. The summed E-state index contributed by atoms with van der Waals surface area (Å²) in [6.45, 7) is 1.34.